The van der Waals surface area contributed by atoms with Crippen molar-refractivity contribution in [3.05, 3.63) is 18.2 Å². The van der Waals surface area contributed by atoms with Crippen LogP contribution in [-0.2, 0) is 0 Å². The minimum Gasteiger partial charge on any atom is -0.493 e. The monoisotopic (exact) mass is 390 g/mol. The van der Waals surface area contributed by atoms with Crippen LogP contribution in [0.3, 0.4) is 0 Å². The number of nitrogens with one attached hydrogen (secondary N) is 1. The Morgan fingerprint density at radius 1 is 1.16 bits per heavy atom. The number of methoxy groups -OCH3 is 1. The van der Waals surface area contributed by atoms with Crippen LogP contribution in [0.2, 0.25) is 0 Å². The Morgan fingerprint density at radius 3 is 2.56 bits per heavy atom. The molecule has 6 heteroatoms. The van der Waals surface area contributed by atoms with E-state index in [-0.39, 0.29) is 30.4 Å². The lowest BCUT2D eigenvalue weighted by molar-refractivity contribution is 0.199. The Hall–Kier alpha value is -0.840. The van der Waals surface area contributed by atoms with Crippen molar-refractivity contribution < 1.29 is 9.47 Å². The summed E-state index contributed by atoms with van der Waals surface area (Å²) in [5, 5.41) is 3.86. The number of nitrogens with zero attached hydrogens (tertiary/aromatic N) is 1. The highest BCUT2D eigenvalue weighted by Gasteiger charge is 2.40. The fourth-order valence-corrected chi connectivity index (χ4v) is 4.14. The third kappa shape index (κ3) is 4.87. The van der Waals surface area contributed by atoms with E-state index in [9.17, 15) is 0 Å². The lowest BCUT2D eigenvalue weighted by Gasteiger charge is -2.52. The van der Waals surface area contributed by atoms with Crippen molar-refractivity contribution >= 4 is 30.5 Å². The summed E-state index contributed by atoms with van der Waals surface area (Å²) >= 11 is 0. The van der Waals surface area contributed by atoms with Crippen LogP contribution in [-0.4, -0.2) is 37.9 Å². The Morgan fingerprint density at radius 2 is 1.88 bits per heavy atom. The zero-order valence-electron chi connectivity index (χ0n) is 15.7. The molecule has 0 radical (unpaired) electrons. The SMILES string of the molecule is CCOc1ccc(N2CC(C)(C)N[C@H]3CCCC[C@@H]32)cc1OC.Cl.Cl. The molecule has 2 fully saturated rings. The zero-order chi connectivity index (χ0) is 16.4. The number of piperazine rings is 1. The number of hydrogen-bond acceptors (Lipinski definition) is 4. The van der Waals surface area contributed by atoms with Gasteiger partial charge in [-0.15, -0.1) is 24.8 Å². The summed E-state index contributed by atoms with van der Waals surface area (Å²) < 4.78 is 11.2. The molecular weight excluding hydrogens is 359 g/mol. The van der Waals surface area contributed by atoms with Gasteiger partial charge in [0.2, 0.25) is 0 Å². The molecule has 0 aromatic heterocycles. The minimum absolute atomic E-state index is 0. The molecule has 1 heterocycles. The van der Waals surface area contributed by atoms with Gasteiger partial charge in [0.25, 0.3) is 0 Å². The van der Waals surface area contributed by atoms with Crippen molar-refractivity contribution in [2.75, 3.05) is 25.2 Å². The molecule has 1 aliphatic carbocycles. The number of anilines is 1. The molecule has 3 rings (SSSR count). The molecule has 0 bridgehead atoms. The molecule has 1 saturated carbocycles. The van der Waals surface area contributed by atoms with Gasteiger partial charge in [0, 0.05) is 35.9 Å². The number of ether oxygens (including phenoxy) is 2. The highest BCUT2D eigenvalue weighted by atomic mass is 35.5. The Labute approximate surface area is 164 Å². The average Bonchev–Trinajstić information content (AvgIpc) is 2.54. The molecule has 25 heavy (non-hydrogen) atoms. The molecule has 1 aliphatic heterocycles. The summed E-state index contributed by atoms with van der Waals surface area (Å²) in [5.41, 5.74) is 1.38. The summed E-state index contributed by atoms with van der Waals surface area (Å²) in [6, 6.07) is 7.54. The quantitative estimate of drug-likeness (QED) is 0.823. The van der Waals surface area contributed by atoms with Gasteiger partial charge < -0.3 is 19.7 Å². The van der Waals surface area contributed by atoms with Crippen molar-refractivity contribution in [2.45, 2.75) is 64.1 Å². The molecule has 1 aromatic rings. The normalized spacial score (nSPS) is 24.4. The largest absolute Gasteiger partial charge is 0.493 e. The molecular formula is C19H32Cl2N2O2. The number of hydrogen-bond donors (Lipinski definition) is 1. The van der Waals surface area contributed by atoms with Crippen LogP contribution in [0.4, 0.5) is 5.69 Å². The Kier molecular flexibility index (Phi) is 8.17. The third-order valence-corrected chi connectivity index (χ3v) is 5.05. The first kappa shape index (κ1) is 22.2. The van der Waals surface area contributed by atoms with E-state index in [0.717, 1.165) is 18.0 Å². The molecule has 1 aromatic carbocycles. The first-order chi connectivity index (χ1) is 11.0. The van der Waals surface area contributed by atoms with Crippen LogP contribution >= 0.6 is 24.8 Å². The second-order valence-corrected chi connectivity index (χ2v) is 7.38. The average molecular weight is 391 g/mol. The zero-order valence-corrected chi connectivity index (χ0v) is 17.3. The summed E-state index contributed by atoms with van der Waals surface area (Å²) in [5.74, 6) is 1.65. The second-order valence-electron chi connectivity index (χ2n) is 7.38. The summed E-state index contributed by atoms with van der Waals surface area (Å²) in [4.78, 5) is 2.58. The standard InChI is InChI=1S/C19H30N2O2.2ClH/c1-5-23-17-11-10-14(12-18(17)22-4)21-13-19(2,3)20-15-8-6-7-9-16(15)21;;/h10-12,15-16,20H,5-9,13H2,1-4H3;2*1H/t15-,16-;;/m0../s1. The second kappa shape index (κ2) is 9.20. The van der Waals surface area contributed by atoms with Crippen molar-refractivity contribution in [1.29, 1.82) is 0 Å². The predicted octanol–water partition coefficient (Wildman–Crippen LogP) is 4.44. The smallest absolute Gasteiger partial charge is 0.162 e. The van der Waals surface area contributed by atoms with Gasteiger partial charge in [-0.1, -0.05) is 12.8 Å². The first-order valence-electron chi connectivity index (χ1n) is 8.89. The highest BCUT2D eigenvalue weighted by molar-refractivity contribution is 5.85. The van der Waals surface area contributed by atoms with E-state index >= 15 is 0 Å². The molecule has 0 spiro atoms. The number of halogens is 2. The van der Waals surface area contributed by atoms with Gasteiger partial charge in [-0.3, -0.25) is 0 Å². The van der Waals surface area contributed by atoms with Crippen LogP contribution in [0.15, 0.2) is 18.2 Å². The van der Waals surface area contributed by atoms with Crippen molar-refractivity contribution in [1.82, 2.24) is 5.32 Å². The van der Waals surface area contributed by atoms with Gasteiger partial charge in [-0.2, -0.15) is 0 Å². The van der Waals surface area contributed by atoms with Gasteiger partial charge in [-0.05, 0) is 45.7 Å². The van der Waals surface area contributed by atoms with Crippen LogP contribution < -0.4 is 19.7 Å². The van der Waals surface area contributed by atoms with Crippen LogP contribution in [0, 0.1) is 0 Å². The van der Waals surface area contributed by atoms with Crippen molar-refractivity contribution in [2.24, 2.45) is 0 Å². The fourth-order valence-electron chi connectivity index (χ4n) is 4.14. The van der Waals surface area contributed by atoms with Crippen molar-refractivity contribution in [3.8, 4) is 11.5 Å². The summed E-state index contributed by atoms with van der Waals surface area (Å²) in [6.07, 6.45) is 5.21. The molecule has 2 aliphatic rings. The summed E-state index contributed by atoms with van der Waals surface area (Å²) in [6.45, 7) is 8.28. The van der Waals surface area contributed by atoms with Crippen LogP contribution in [0.1, 0.15) is 46.5 Å². The van der Waals surface area contributed by atoms with Gasteiger partial charge in [-0.25, -0.2) is 0 Å². The van der Waals surface area contributed by atoms with E-state index in [0.29, 0.717) is 18.7 Å². The lowest BCUT2D eigenvalue weighted by atomic mass is 9.83. The minimum atomic E-state index is 0. The predicted molar refractivity (Wildman–Crippen MR) is 109 cm³/mol. The van der Waals surface area contributed by atoms with Gasteiger partial charge in [0.15, 0.2) is 11.5 Å². The van der Waals surface area contributed by atoms with E-state index in [2.05, 4.69) is 36.2 Å². The van der Waals surface area contributed by atoms with Gasteiger partial charge in [0.1, 0.15) is 0 Å². The maximum Gasteiger partial charge on any atom is 0.162 e. The molecule has 2 atom stereocenters. The maximum absolute atomic E-state index is 5.66. The maximum atomic E-state index is 5.66. The summed E-state index contributed by atoms with van der Waals surface area (Å²) in [7, 11) is 1.72. The Bertz CT molecular complexity index is 554. The van der Waals surface area contributed by atoms with E-state index < -0.39 is 0 Å². The molecule has 4 nitrogen and oxygen atoms in total. The van der Waals surface area contributed by atoms with Crippen LogP contribution in [0.25, 0.3) is 0 Å². The van der Waals surface area contributed by atoms with Crippen molar-refractivity contribution in [3.63, 3.8) is 0 Å². The van der Waals surface area contributed by atoms with Crippen LogP contribution in [0.5, 0.6) is 11.5 Å². The number of fused-ring (bicyclic) bond motifs is 1. The van der Waals surface area contributed by atoms with Gasteiger partial charge in [0.05, 0.1) is 13.7 Å². The molecule has 0 unspecified atom stereocenters. The number of rotatable bonds is 4. The lowest BCUT2D eigenvalue weighted by Crippen LogP contribution is -2.67. The van der Waals surface area contributed by atoms with E-state index in [4.69, 9.17) is 9.47 Å². The highest BCUT2D eigenvalue weighted by Crippen LogP contribution is 2.37. The van der Waals surface area contributed by atoms with Gasteiger partial charge >= 0.3 is 0 Å². The first-order valence-corrected chi connectivity index (χ1v) is 8.89. The van der Waals surface area contributed by atoms with E-state index in [1.54, 1.807) is 7.11 Å². The topological polar surface area (TPSA) is 33.7 Å². The van der Waals surface area contributed by atoms with E-state index in [1.807, 2.05) is 13.0 Å². The molecule has 1 saturated heterocycles. The third-order valence-electron chi connectivity index (χ3n) is 5.05. The number of benzene rings is 1. The molecule has 0 amide bonds. The Balaban J connectivity index is 0.00000156. The van der Waals surface area contributed by atoms with E-state index in [1.165, 1.54) is 31.4 Å². The fraction of sp³-hybridized carbons (Fsp3) is 0.684. The molecule has 1 N–H and O–H groups in total. The molecule has 144 valence electrons.